The van der Waals surface area contributed by atoms with E-state index in [1.54, 1.807) is 41.6 Å². The number of hydrogen-bond donors (Lipinski definition) is 2. The number of carbonyl (C=O) groups excluding carboxylic acids is 2. The Morgan fingerprint density at radius 1 is 0.932 bits per heavy atom. The van der Waals surface area contributed by atoms with Crippen LogP contribution in [0.5, 0.6) is 0 Å². The van der Waals surface area contributed by atoms with Crippen molar-refractivity contribution < 1.29 is 14.0 Å². The zero-order chi connectivity index (χ0) is 31.2. The highest BCUT2D eigenvalue weighted by atomic mass is 19.1. The van der Waals surface area contributed by atoms with E-state index in [0.717, 1.165) is 57.8 Å². The van der Waals surface area contributed by atoms with Gasteiger partial charge in [-0.3, -0.25) is 24.1 Å². The zero-order valence-corrected chi connectivity index (χ0v) is 24.8. The normalized spacial score (nSPS) is 14.9. The van der Waals surface area contributed by atoms with Gasteiger partial charge in [-0.05, 0) is 66.9 Å². The maximum atomic E-state index is 13.3. The van der Waals surface area contributed by atoms with E-state index < -0.39 is 16.9 Å². The van der Waals surface area contributed by atoms with Crippen LogP contribution in [0, 0.1) is 5.82 Å². The summed E-state index contributed by atoms with van der Waals surface area (Å²) in [5.74, 6) is -0.590. The van der Waals surface area contributed by atoms with E-state index in [-0.39, 0.29) is 22.4 Å². The molecule has 1 aliphatic rings. The first kappa shape index (κ1) is 30.6. The smallest absolute Gasteiger partial charge is 0.272 e. The second-order valence-corrected chi connectivity index (χ2v) is 11.2. The summed E-state index contributed by atoms with van der Waals surface area (Å²) < 4.78 is 15.4. The molecule has 0 unspecified atom stereocenters. The summed E-state index contributed by atoms with van der Waals surface area (Å²) >= 11 is 0. The fourth-order valence-corrected chi connectivity index (χ4v) is 5.42. The van der Waals surface area contributed by atoms with Crippen molar-refractivity contribution in [2.45, 2.75) is 32.7 Å². The van der Waals surface area contributed by atoms with Crippen LogP contribution in [-0.4, -0.2) is 74.2 Å². The molecule has 2 aromatic heterocycles. The number of ketones is 1. The molecule has 5 rings (SSSR count). The molecule has 1 amide bonds. The van der Waals surface area contributed by atoms with E-state index in [1.165, 1.54) is 30.3 Å². The summed E-state index contributed by atoms with van der Waals surface area (Å²) in [4.78, 5) is 63.8. The molecule has 10 nitrogen and oxygen atoms in total. The molecular formula is C33H35FN6O4. The van der Waals surface area contributed by atoms with Crippen LogP contribution >= 0.6 is 0 Å². The van der Waals surface area contributed by atoms with Gasteiger partial charge in [-0.1, -0.05) is 32.0 Å². The lowest BCUT2D eigenvalue weighted by Gasteiger charge is -2.32. The molecule has 0 atom stereocenters. The minimum absolute atomic E-state index is 0.0436. The van der Waals surface area contributed by atoms with Gasteiger partial charge in [0.05, 0.1) is 12.0 Å². The van der Waals surface area contributed by atoms with Crippen LogP contribution in [0.4, 0.5) is 4.39 Å². The number of benzene rings is 2. The molecule has 228 valence electrons. The van der Waals surface area contributed by atoms with Gasteiger partial charge >= 0.3 is 0 Å². The highest BCUT2D eigenvalue weighted by molar-refractivity contribution is 6.09. The first-order valence-corrected chi connectivity index (χ1v) is 14.6. The van der Waals surface area contributed by atoms with Crippen LogP contribution in [0.15, 0.2) is 64.4 Å². The van der Waals surface area contributed by atoms with Gasteiger partial charge in [0, 0.05) is 49.5 Å². The predicted octanol–water partition coefficient (Wildman–Crippen LogP) is 1.57. The summed E-state index contributed by atoms with van der Waals surface area (Å²) in [5, 5.41) is 0.134. The SMILES string of the molecule is CC(C)c1c(/C=c2\[nH]c(=O)/c(=C/c3cccc(C(=O)c4ccc(F)cc4)c3)[nH]c2=O)ncn1CCCN1CCN(C=O)CC1. The Balaban J connectivity index is 1.35. The van der Waals surface area contributed by atoms with Crippen molar-refractivity contribution in [2.75, 3.05) is 32.7 Å². The van der Waals surface area contributed by atoms with Crippen molar-refractivity contribution in [1.82, 2.24) is 29.3 Å². The number of aromatic amines is 2. The average molecular weight is 599 g/mol. The van der Waals surface area contributed by atoms with Crippen molar-refractivity contribution in [3.8, 4) is 0 Å². The molecule has 0 spiro atoms. The Bertz CT molecular complexity index is 1880. The van der Waals surface area contributed by atoms with Crippen molar-refractivity contribution in [3.63, 3.8) is 0 Å². The van der Waals surface area contributed by atoms with Crippen molar-refractivity contribution in [1.29, 1.82) is 0 Å². The molecule has 1 aliphatic heterocycles. The minimum Gasteiger partial charge on any atom is -0.343 e. The van der Waals surface area contributed by atoms with Crippen LogP contribution < -0.4 is 21.8 Å². The van der Waals surface area contributed by atoms with Crippen molar-refractivity contribution in [3.05, 3.63) is 120 Å². The molecule has 0 bridgehead atoms. The van der Waals surface area contributed by atoms with Gasteiger partial charge in [0.1, 0.15) is 16.5 Å². The van der Waals surface area contributed by atoms with Gasteiger partial charge in [0.2, 0.25) is 6.41 Å². The van der Waals surface area contributed by atoms with Gasteiger partial charge in [0.25, 0.3) is 11.1 Å². The fourth-order valence-electron chi connectivity index (χ4n) is 5.42. The summed E-state index contributed by atoms with van der Waals surface area (Å²) in [7, 11) is 0. The van der Waals surface area contributed by atoms with E-state index in [4.69, 9.17) is 0 Å². The highest BCUT2D eigenvalue weighted by Gasteiger charge is 2.17. The topological polar surface area (TPSA) is 124 Å². The Kier molecular flexibility index (Phi) is 9.44. The fraction of sp³-hybridized carbons (Fsp3) is 0.303. The van der Waals surface area contributed by atoms with Gasteiger partial charge in [-0.2, -0.15) is 0 Å². The van der Waals surface area contributed by atoms with Crippen LogP contribution in [0.25, 0.3) is 12.2 Å². The number of nitrogens with one attached hydrogen (secondary N) is 2. The molecule has 0 saturated carbocycles. The van der Waals surface area contributed by atoms with Crippen molar-refractivity contribution in [2.24, 2.45) is 0 Å². The minimum atomic E-state index is -0.494. The summed E-state index contributed by atoms with van der Waals surface area (Å²) in [6, 6.07) is 11.9. The number of carbonyl (C=O) groups is 2. The lowest BCUT2D eigenvalue weighted by Crippen LogP contribution is -2.46. The zero-order valence-electron chi connectivity index (χ0n) is 24.8. The molecular weight excluding hydrogens is 563 g/mol. The molecule has 11 heteroatoms. The Morgan fingerprint density at radius 2 is 1.61 bits per heavy atom. The first-order chi connectivity index (χ1) is 21.2. The number of hydrogen-bond acceptors (Lipinski definition) is 6. The highest BCUT2D eigenvalue weighted by Crippen LogP contribution is 2.20. The summed E-state index contributed by atoms with van der Waals surface area (Å²) in [6.45, 7) is 9.01. The lowest BCUT2D eigenvalue weighted by atomic mass is 10.0. The van der Waals surface area contributed by atoms with Crippen molar-refractivity contribution >= 4 is 24.3 Å². The summed E-state index contributed by atoms with van der Waals surface area (Å²) in [5.41, 5.74) is 1.86. The molecule has 4 aromatic rings. The van der Waals surface area contributed by atoms with E-state index in [2.05, 4.69) is 38.3 Å². The van der Waals surface area contributed by atoms with Gasteiger partial charge in [-0.15, -0.1) is 0 Å². The maximum Gasteiger partial charge on any atom is 0.272 e. The number of rotatable bonds is 10. The lowest BCUT2D eigenvalue weighted by molar-refractivity contribution is -0.119. The van der Waals surface area contributed by atoms with E-state index in [9.17, 15) is 23.6 Å². The van der Waals surface area contributed by atoms with Crippen LogP contribution in [0.3, 0.4) is 0 Å². The van der Waals surface area contributed by atoms with E-state index in [1.807, 2.05) is 0 Å². The average Bonchev–Trinajstić information content (AvgIpc) is 3.42. The van der Waals surface area contributed by atoms with E-state index >= 15 is 0 Å². The molecule has 44 heavy (non-hydrogen) atoms. The standard InChI is InChI=1S/C33H35FN6O4/c1-22(2)30-27(35-20-40(30)12-4-11-38-13-15-39(21-41)16-14-38)19-29-33(44)36-28(32(43)37-29)18-23-5-3-6-25(17-23)31(42)24-7-9-26(34)10-8-24/h3,5-10,17-22H,4,11-16H2,1-2H3,(H,36,44)(H,37,43)/b28-18-,29-19-. The third-order valence-electron chi connectivity index (χ3n) is 7.72. The van der Waals surface area contributed by atoms with Crippen LogP contribution in [0.2, 0.25) is 0 Å². The van der Waals surface area contributed by atoms with Gasteiger partial charge in [0.15, 0.2) is 5.78 Å². The molecule has 0 aliphatic carbocycles. The second-order valence-electron chi connectivity index (χ2n) is 11.2. The predicted molar refractivity (Wildman–Crippen MR) is 165 cm³/mol. The number of imidazole rings is 1. The Hall–Kier alpha value is -4.90. The van der Waals surface area contributed by atoms with Gasteiger partial charge < -0.3 is 19.4 Å². The first-order valence-electron chi connectivity index (χ1n) is 14.6. The number of H-pyrrole nitrogens is 2. The summed E-state index contributed by atoms with van der Waals surface area (Å²) in [6.07, 6.45) is 6.67. The Morgan fingerprint density at radius 3 is 2.27 bits per heavy atom. The molecule has 2 N–H and O–H groups in total. The number of piperazine rings is 1. The molecule has 3 heterocycles. The number of amides is 1. The van der Waals surface area contributed by atoms with E-state index in [0.29, 0.717) is 22.4 Å². The number of aryl methyl sites for hydroxylation is 1. The van der Waals surface area contributed by atoms with Crippen LogP contribution in [-0.2, 0) is 11.3 Å². The molecule has 0 radical (unpaired) electrons. The van der Waals surface area contributed by atoms with Crippen LogP contribution in [0.1, 0.15) is 59.1 Å². The molecule has 1 fully saturated rings. The number of aromatic nitrogens is 4. The Labute approximate surface area is 253 Å². The molecule has 2 aromatic carbocycles. The number of nitrogens with zero attached hydrogens (tertiary/aromatic N) is 4. The maximum absolute atomic E-state index is 13.3. The quantitative estimate of drug-likeness (QED) is 0.211. The molecule has 1 saturated heterocycles. The monoisotopic (exact) mass is 598 g/mol. The largest absolute Gasteiger partial charge is 0.343 e. The third-order valence-corrected chi connectivity index (χ3v) is 7.72. The second kappa shape index (κ2) is 13.6. The van der Waals surface area contributed by atoms with Gasteiger partial charge in [-0.25, -0.2) is 9.37 Å². The number of halogens is 1. The third kappa shape index (κ3) is 7.17.